The number of likely N-dealkylation sites (tertiary alicyclic amines) is 1. The van der Waals surface area contributed by atoms with Gasteiger partial charge < -0.3 is 21.5 Å². The molecule has 1 aromatic rings. The number of primary amides is 1. The summed E-state index contributed by atoms with van der Waals surface area (Å²) in [5.74, 6) is -1.04. The fourth-order valence-corrected chi connectivity index (χ4v) is 2.51. The molecule has 1 heterocycles. The lowest BCUT2D eigenvalue weighted by atomic mass is 9.91. The van der Waals surface area contributed by atoms with Gasteiger partial charge in [0.25, 0.3) is 0 Å². The molecule has 6 nitrogen and oxygen atoms in total. The standard InChI is InChI=1S/C14H19N3O3/c1-14(16,9-5-3-2-4-6-9)13(20)17-8-10(18)7-11(17)12(15)19/h2-6,10-11,18H,7-8,16H2,1H3,(H2,15,19). The van der Waals surface area contributed by atoms with Gasteiger partial charge in [0.15, 0.2) is 0 Å². The SMILES string of the molecule is CC(N)(C(=O)N1CC(O)CC1C(N)=O)c1ccccc1. The fourth-order valence-electron chi connectivity index (χ4n) is 2.51. The third-order valence-electron chi connectivity index (χ3n) is 3.69. The zero-order valence-corrected chi connectivity index (χ0v) is 11.3. The highest BCUT2D eigenvalue weighted by Crippen LogP contribution is 2.26. The topological polar surface area (TPSA) is 110 Å². The molecule has 20 heavy (non-hydrogen) atoms. The number of nitrogens with two attached hydrogens (primary N) is 2. The predicted molar refractivity (Wildman–Crippen MR) is 73.3 cm³/mol. The quantitative estimate of drug-likeness (QED) is 0.679. The summed E-state index contributed by atoms with van der Waals surface area (Å²) in [7, 11) is 0. The maximum atomic E-state index is 12.6. The van der Waals surface area contributed by atoms with Gasteiger partial charge in [0.05, 0.1) is 6.10 Å². The largest absolute Gasteiger partial charge is 0.391 e. The molecule has 0 aliphatic carbocycles. The van der Waals surface area contributed by atoms with Crippen LogP contribution in [0.4, 0.5) is 0 Å². The normalized spacial score (nSPS) is 25.2. The second-order valence-corrected chi connectivity index (χ2v) is 5.33. The lowest BCUT2D eigenvalue weighted by Gasteiger charge is -2.32. The first-order valence-corrected chi connectivity index (χ1v) is 6.47. The van der Waals surface area contributed by atoms with Gasteiger partial charge in [-0.05, 0) is 12.5 Å². The summed E-state index contributed by atoms with van der Waals surface area (Å²) in [6.45, 7) is 1.67. The van der Waals surface area contributed by atoms with Gasteiger partial charge in [-0.3, -0.25) is 9.59 Å². The first-order chi connectivity index (χ1) is 9.34. The van der Waals surface area contributed by atoms with E-state index in [9.17, 15) is 14.7 Å². The number of hydrogen-bond acceptors (Lipinski definition) is 4. The lowest BCUT2D eigenvalue weighted by molar-refractivity contribution is -0.141. The zero-order valence-electron chi connectivity index (χ0n) is 11.3. The molecule has 3 unspecified atom stereocenters. The Morgan fingerprint density at radius 1 is 1.35 bits per heavy atom. The molecule has 5 N–H and O–H groups in total. The van der Waals surface area contributed by atoms with Crippen molar-refractivity contribution >= 4 is 11.8 Å². The van der Waals surface area contributed by atoms with Crippen LogP contribution in [-0.4, -0.2) is 40.5 Å². The van der Waals surface area contributed by atoms with E-state index < -0.39 is 29.5 Å². The number of rotatable bonds is 3. The molecule has 0 bridgehead atoms. The monoisotopic (exact) mass is 277 g/mol. The Bertz CT molecular complexity index is 516. The van der Waals surface area contributed by atoms with E-state index in [1.165, 1.54) is 4.90 Å². The van der Waals surface area contributed by atoms with Gasteiger partial charge in [-0.15, -0.1) is 0 Å². The zero-order chi connectivity index (χ0) is 14.9. The summed E-state index contributed by atoms with van der Waals surface area (Å²) in [5.41, 5.74) is 10.8. The molecule has 0 radical (unpaired) electrons. The van der Waals surface area contributed by atoms with E-state index in [0.29, 0.717) is 5.56 Å². The van der Waals surface area contributed by atoms with Gasteiger partial charge >= 0.3 is 0 Å². The summed E-state index contributed by atoms with van der Waals surface area (Å²) >= 11 is 0. The molecule has 6 heteroatoms. The average molecular weight is 277 g/mol. The molecular formula is C14H19N3O3. The summed E-state index contributed by atoms with van der Waals surface area (Å²) in [6, 6.07) is 8.11. The third-order valence-corrected chi connectivity index (χ3v) is 3.69. The lowest BCUT2D eigenvalue weighted by Crippen LogP contribution is -2.55. The predicted octanol–water partition coefficient (Wildman–Crippen LogP) is -0.692. The number of carbonyl (C=O) groups is 2. The van der Waals surface area contributed by atoms with Crippen molar-refractivity contribution in [3.8, 4) is 0 Å². The number of nitrogens with zero attached hydrogens (tertiary/aromatic N) is 1. The molecule has 3 atom stereocenters. The summed E-state index contributed by atoms with van der Waals surface area (Å²) in [4.78, 5) is 25.3. The van der Waals surface area contributed by atoms with Crippen LogP contribution in [-0.2, 0) is 15.1 Å². The molecule has 0 spiro atoms. The van der Waals surface area contributed by atoms with Crippen LogP contribution in [0, 0.1) is 0 Å². The fraction of sp³-hybridized carbons (Fsp3) is 0.429. The number of aliphatic hydroxyl groups is 1. The minimum absolute atomic E-state index is 0.0755. The van der Waals surface area contributed by atoms with Crippen molar-refractivity contribution in [3.63, 3.8) is 0 Å². The van der Waals surface area contributed by atoms with Crippen molar-refractivity contribution in [1.82, 2.24) is 4.90 Å². The number of carbonyl (C=O) groups excluding carboxylic acids is 2. The van der Waals surface area contributed by atoms with Gasteiger partial charge in [-0.25, -0.2) is 0 Å². The Labute approximate surface area is 117 Å². The van der Waals surface area contributed by atoms with Crippen LogP contribution >= 0.6 is 0 Å². The van der Waals surface area contributed by atoms with Gasteiger partial charge in [-0.2, -0.15) is 0 Å². The van der Waals surface area contributed by atoms with Crippen molar-refractivity contribution in [2.24, 2.45) is 11.5 Å². The molecule has 1 aliphatic heterocycles. The smallest absolute Gasteiger partial charge is 0.247 e. The second-order valence-electron chi connectivity index (χ2n) is 5.33. The van der Waals surface area contributed by atoms with E-state index >= 15 is 0 Å². The summed E-state index contributed by atoms with van der Waals surface area (Å²) < 4.78 is 0. The van der Waals surface area contributed by atoms with E-state index in [1.807, 2.05) is 6.07 Å². The minimum atomic E-state index is -1.26. The Kier molecular flexibility index (Phi) is 3.78. The van der Waals surface area contributed by atoms with E-state index in [0.717, 1.165) is 0 Å². The maximum absolute atomic E-state index is 12.6. The van der Waals surface area contributed by atoms with E-state index in [2.05, 4.69) is 0 Å². The van der Waals surface area contributed by atoms with E-state index in [-0.39, 0.29) is 13.0 Å². The highest BCUT2D eigenvalue weighted by Gasteiger charge is 2.44. The third kappa shape index (κ3) is 2.52. The van der Waals surface area contributed by atoms with Crippen molar-refractivity contribution < 1.29 is 14.7 Å². The minimum Gasteiger partial charge on any atom is -0.391 e. The number of β-amino-alcohol motifs (C(OH)–C–C–N with tert-alkyl or cyclic N) is 1. The molecule has 1 fully saturated rings. The number of amides is 2. The van der Waals surface area contributed by atoms with Crippen molar-refractivity contribution in [2.45, 2.75) is 31.0 Å². The van der Waals surface area contributed by atoms with Crippen LogP contribution < -0.4 is 11.5 Å². The van der Waals surface area contributed by atoms with Crippen LogP contribution in [0.5, 0.6) is 0 Å². The van der Waals surface area contributed by atoms with Crippen molar-refractivity contribution in [3.05, 3.63) is 35.9 Å². The van der Waals surface area contributed by atoms with Crippen LogP contribution in [0.3, 0.4) is 0 Å². The Morgan fingerprint density at radius 2 is 1.95 bits per heavy atom. The average Bonchev–Trinajstić information content (AvgIpc) is 2.81. The molecule has 0 aromatic heterocycles. The van der Waals surface area contributed by atoms with Crippen LogP contribution in [0.15, 0.2) is 30.3 Å². The molecule has 1 aromatic carbocycles. The second kappa shape index (κ2) is 5.22. The van der Waals surface area contributed by atoms with Gasteiger partial charge in [0.1, 0.15) is 11.6 Å². The molecule has 1 saturated heterocycles. The van der Waals surface area contributed by atoms with E-state index in [4.69, 9.17) is 11.5 Å². The van der Waals surface area contributed by atoms with Gasteiger partial charge in [0, 0.05) is 13.0 Å². The number of aliphatic hydroxyl groups excluding tert-OH is 1. The first kappa shape index (κ1) is 14.5. The molecule has 108 valence electrons. The Hall–Kier alpha value is -1.92. The van der Waals surface area contributed by atoms with Crippen molar-refractivity contribution in [2.75, 3.05) is 6.54 Å². The molecular weight excluding hydrogens is 258 g/mol. The van der Waals surface area contributed by atoms with E-state index in [1.54, 1.807) is 31.2 Å². The van der Waals surface area contributed by atoms with Crippen LogP contribution in [0.2, 0.25) is 0 Å². The number of hydrogen-bond donors (Lipinski definition) is 3. The highest BCUT2D eigenvalue weighted by atomic mass is 16.3. The number of benzene rings is 1. The molecule has 2 rings (SSSR count). The Morgan fingerprint density at radius 3 is 2.50 bits per heavy atom. The molecule has 1 aliphatic rings. The van der Waals surface area contributed by atoms with Gasteiger partial charge in [0.2, 0.25) is 11.8 Å². The van der Waals surface area contributed by atoms with Gasteiger partial charge in [-0.1, -0.05) is 30.3 Å². The van der Waals surface area contributed by atoms with Crippen LogP contribution in [0.1, 0.15) is 18.9 Å². The maximum Gasteiger partial charge on any atom is 0.247 e. The molecule has 2 amide bonds. The molecule has 0 saturated carbocycles. The van der Waals surface area contributed by atoms with Crippen LogP contribution in [0.25, 0.3) is 0 Å². The summed E-state index contributed by atoms with van der Waals surface area (Å²) in [5, 5.41) is 9.66. The Balaban J connectivity index is 2.28. The summed E-state index contributed by atoms with van der Waals surface area (Å²) in [6.07, 6.45) is -0.589. The van der Waals surface area contributed by atoms with Crippen molar-refractivity contribution in [1.29, 1.82) is 0 Å². The highest BCUT2D eigenvalue weighted by molar-refractivity contribution is 5.92. The first-order valence-electron chi connectivity index (χ1n) is 6.47.